The van der Waals surface area contributed by atoms with Gasteiger partial charge in [0.25, 0.3) is 0 Å². The Morgan fingerprint density at radius 1 is 1.09 bits per heavy atom. The minimum absolute atomic E-state index is 0.282. The lowest BCUT2D eigenvalue weighted by Gasteiger charge is -2.22. The van der Waals surface area contributed by atoms with Gasteiger partial charge >= 0.3 is 0 Å². The topological polar surface area (TPSA) is 66.5 Å². The number of nitrogens with one attached hydrogen (secondary N) is 1. The van der Waals surface area contributed by atoms with E-state index >= 15 is 0 Å². The van der Waals surface area contributed by atoms with Crippen LogP contribution in [0, 0.1) is 0 Å². The molecular weight excluding hydrogens is 368 g/mol. The highest BCUT2D eigenvalue weighted by atomic mass is 79.9. The quantitative estimate of drug-likeness (QED) is 0.864. The Morgan fingerprint density at radius 2 is 1.68 bits per heavy atom. The maximum atomic E-state index is 12.1. The molecule has 5 nitrogen and oxygen atoms in total. The average Bonchev–Trinajstić information content (AvgIpc) is 2.46. The van der Waals surface area contributed by atoms with Gasteiger partial charge in [-0.15, -0.1) is 0 Å². The van der Waals surface area contributed by atoms with Crippen molar-refractivity contribution in [3.05, 3.63) is 59.1 Å². The van der Waals surface area contributed by atoms with Gasteiger partial charge in [0.15, 0.2) is 0 Å². The molecule has 116 valence electrons. The van der Waals surface area contributed by atoms with E-state index in [0.29, 0.717) is 11.4 Å². The lowest BCUT2D eigenvalue weighted by molar-refractivity contribution is -0.114. The van der Waals surface area contributed by atoms with Gasteiger partial charge in [0, 0.05) is 10.2 Å². The highest BCUT2D eigenvalue weighted by Gasteiger charge is 2.20. The third-order valence-corrected chi connectivity index (χ3v) is 4.53. The Morgan fingerprint density at radius 3 is 2.23 bits per heavy atom. The number of hydrogen-bond acceptors (Lipinski definition) is 3. The van der Waals surface area contributed by atoms with Gasteiger partial charge in [0.1, 0.15) is 6.54 Å². The Hall–Kier alpha value is -1.86. The maximum absolute atomic E-state index is 12.1. The zero-order valence-corrected chi connectivity index (χ0v) is 14.3. The number of benzene rings is 2. The molecule has 2 rings (SSSR count). The van der Waals surface area contributed by atoms with Gasteiger partial charge in [-0.25, -0.2) is 8.42 Å². The Kier molecular flexibility index (Phi) is 5.20. The molecule has 0 fully saturated rings. The van der Waals surface area contributed by atoms with Gasteiger partial charge in [0.05, 0.1) is 11.9 Å². The van der Waals surface area contributed by atoms with Crippen LogP contribution in [0.1, 0.15) is 0 Å². The van der Waals surface area contributed by atoms with Crippen molar-refractivity contribution >= 4 is 43.2 Å². The molecule has 0 atom stereocenters. The standard InChI is InChI=1S/C15H15BrN2O3S/c1-22(20,21)18(14-9-7-12(16)8-10-14)11-15(19)17-13-5-3-2-4-6-13/h2-10H,11H2,1H3,(H,17,19). The van der Waals surface area contributed by atoms with E-state index in [1.165, 1.54) is 0 Å². The zero-order chi connectivity index (χ0) is 16.2. The van der Waals surface area contributed by atoms with E-state index in [1.807, 2.05) is 6.07 Å². The first-order valence-electron chi connectivity index (χ1n) is 6.44. The summed E-state index contributed by atoms with van der Waals surface area (Å²) < 4.78 is 25.8. The molecule has 0 aliphatic heterocycles. The fraction of sp³-hybridized carbons (Fsp3) is 0.133. The third-order valence-electron chi connectivity index (χ3n) is 2.86. The molecule has 0 spiro atoms. The number of carbonyl (C=O) groups excluding carboxylic acids is 1. The summed E-state index contributed by atoms with van der Waals surface area (Å²) in [7, 11) is -3.56. The predicted octanol–water partition coefficient (Wildman–Crippen LogP) is 2.85. The smallest absolute Gasteiger partial charge is 0.245 e. The van der Waals surface area contributed by atoms with E-state index in [-0.39, 0.29) is 6.54 Å². The van der Waals surface area contributed by atoms with Crippen LogP contribution >= 0.6 is 15.9 Å². The first-order valence-corrected chi connectivity index (χ1v) is 9.08. The summed E-state index contributed by atoms with van der Waals surface area (Å²) >= 11 is 3.29. The molecule has 0 saturated heterocycles. The SMILES string of the molecule is CS(=O)(=O)N(CC(=O)Nc1ccccc1)c1ccc(Br)cc1. The van der Waals surface area contributed by atoms with Crippen molar-refractivity contribution in [1.82, 2.24) is 0 Å². The first kappa shape index (κ1) is 16.5. The zero-order valence-electron chi connectivity index (χ0n) is 11.9. The van der Waals surface area contributed by atoms with Gasteiger partial charge in [-0.1, -0.05) is 34.1 Å². The van der Waals surface area contributed by atoms with Crippen LogP contribution in [0.25, 0.3) is 0 Å². The van der Waals surface area contributed by atoms with Gasteiger partial charge in [0.2, 0.25) is 15.9 Å². The molecule has 7 heteroatoms. The molecule has 0 unspecified atom stereocenters. The Labute approximate surface area is 138 Å². The van der Waals surface area contributed by atoms with E-state index in [4.69, 9.17) is 0 Å². The molecule has 0 bridgehead atoms. The van der Waals surface area contributed by atoms with Crippen molar-refractivity contribution in [2.45, 2.75) is 0 Å². The molecule has 0 aromatic heterocycles. The lowest BCUT2D eigenvalue weighted by Crippen LogP contribution is -2.37. The molecule has 0 saturated carbocycles. The van der Waals surface area contributed by atoms with E-state index in [0.717, 1.165) is 15.0 Å². The van der Waals surface area contributed by atoms with Crippen LogP contribution in [-0.4, -0.2) is 27.1 Å². The van der Waals surface area contributed by atoms with Crippen LogP contribution < -0.4 is 9.62 Å². The van der Waals surface area contributed by atoms with Crippen molar-refractivity contribution in [1.29, 1.82) is 0 Å². The number of anilines is 2. The summed E-state index contributed by atoms with van der Waals surface area (Å²) in [4.78, 5) is 12.1. The third kappa shape index (κ3) is 4.57. The van der Waals surface area contributed by atoms with Gasteiger partial charge in [-0.3, -0.25) is 9.10 Å². The molecule has 2 aromatic carbocycles. The van der Waals surface area contributed by atoms with Crippen LogP contribution in [0.3, 0.4) is 0 Å². The molecule has 0 aliphatic carbocycles. The van der Waals surface area contributed by atoms with Gasteiger partial charge in [-0.2, -0.15) is 0 Å². The van der Waals surface area contributed by atoms with Crippen LogP contribution in [0.2, 0.25) is 0 Å². The Balaban J connectivity index is 2.17. The van der Waals surface area contributed by atoms with Crippen LogP contribution in [0.5, 0.6) is 0 Å². The summed E-state index contributed by atoms with van der Waals surface area (Å²) in [6, 6.07) is 15.6. The number of hydrogen-bond donors (Lipinski definition) is 1. The fourth-order valence-electron chi connectivity index (χ4n) is 1.86. The fourth-order valence-corrected chi connectivity index (χ4v) is 2.98. The first-order chi connectivity index (χ1) is 10.4. The summed E-state index contributed by atoms with van der Waals surface area (Å²) in [6.45, 7) is -0.282. The number of para-hydroxylation sites is 1. The van der Waals surface area contributed by atoms with Crippen molar-refractivity contribution in [2.75, 3.05) is 22.4 Å². The number of sulfonamides is 1. The normalized spacial score (nSPS) is 11.0. The highest BCUT2D eigenvalue weighted by Crippen LogP contribution is 2.20. The van der Waals surface area contributed by atoms with Crippen molar-refractivity contribution < 1.29 is 13.2 Å². The highest BCUT2D eigenvalue weighted by molar-refractivity contribution is 9.10. The number of nitrogens with zero attached hydrogens (tertiary/aromatic N) is 1. The minimum atomic E-state index is -3.56. The van der Waals surface area contributed by atoms with Crippen molar-refractivity contribution in [3.8, 4) is 0 Å². The van der Waals surface area contributed by atoms with Crippen LogP contribution in [0.4, 0.5) is 11.4 Å². The molecule has 0 heterocycles. The van der Waals surface area contributed by atoms with E-state index in [2.05, 4.69) is 21.2 Å². The lowest BCUT2D eigenvalue weighted by atomic mass is 10.3. The number of amides is 1. The average molecular weight is 383 g/mol. The van der Waals surface area contributed by atoms with Crippen LogP contribution in [-0.2, 0) is 14.8 Å². The summed E-state index contributed by atoms with van der Waals surface area (Å²) in [5.41, 5.74) is 1.06. The van der Waals surface area contributed by atoms with Crippen molar-refractivity contribution in [2.24, 2.45) is 0 Å². The molecule has 1 N–H and O–H groups in total. The largest absolute Gasteiger partial charge is 0.325 e. The maximum Gasteiger partial charge on any atom is 0.245 e. The van der Waals surface area contributed by atoms with Crippen molar-refractivity contribution in [3.63, 3.8) is 0 Å². The van der Waals surface area contributed by atoms with Crippen LogP contribution in [0.15, 0.2) is 59.1 Å². The van der Waals surface area contributed by atoms with Gasteiger partial charge in [-0.05, 0) is 36.4 Å². The molecule has 1 amide bonds. The number of carbonyl (C=O) groups is 1. The molecule has 2 aromatic rings. The second kappa shape index (κ2) is 6.93. The summed E-state index contributed by atoms with van der Waals surface area (Å²) in [6.07, 6.45) is 1.07. The van der Waals surface area contributed by atoms with E-state index in [9.17, 15) is 13.2 Å². The van der Waals surface area contributed by atoms with E-state index in [1.54, 1.807) is 48.5 Å². The number of halogens is 1. The van der Waals surface area contributed by atoms with Gasteiger partial charge < -0.3 is 5.32 Å². The second-order valence-corrected chi connectivity index (χ2v) is 7.48. The number of rotatable bonds is 5. The minimum Gasteiger partial charge on any atom is -0.325 e. The molecule has 0 aliphatic rings. The molecular formula is C15H15BrN2O3S. The second-order valence-electron chi connectivity index (χ2n) is 4.66. The predicted molar refractivity (Wildman–Crippen MR) is 91.4 cm³/mol. The summed E-state index contributed by atoms with van der Waals surface area (Å²) in [5.74, 6) is -0.403. The molecule has 0 radical (unpaired) electrons. The van der Waals surface area contributed by atoms with E-state index < -0.39 is 15.9 Å². The molecule has 22 heavy (non-hydrogen) atoms. The Bertz CT molecular complexity index is 746. The summed E-state index contributed by atoms with van der Waals surface area (Å²) in [5, 5.41) is 2.67. The monoisotopic (exact) mass is 382 g/mol.